The van der Waals surface area contributed by atoms with Crippen LogP contribution in [0.1, 0.15) is 19.8 Å². The molecule has 0 spiro atoms. The Kier molecular flexibility index (Phi) is 4.81. The molecule has 0 aromatic carbocycles. The summed E-state index contributed by atoms with van der Waals surface area (Å²) in [6.07, 6.45) is 5.48. The molecular weight excluding hydrogens is 254 g/mol. The molecule has 0 radical (unpaired) electrons. The fourth-order valence-electron chi connectivity index (χ4n) is 1.55. The fourth-order valence-corrected chi connectivity index (χ4v) is 1.55. The van der Waals surface area contributed by atoms with Gasteiger partial charge in [0.25, 0.3) is 0 Å². The molecule has 6 nitrogen and oxygen atoms in total. The third-order valence-electron chi connectivity index (χ3n) is 2.67. The van der Waals surface area contributed by atoms with E-state index in [0.717, 1.165) is 18.4 Å². The van der Waals surface area contributed by atoms with Crippen LogP contribution in [0.25, 0.3) is 11.4 Å². The molecule has 106 valence electrons. The Morgan fingerprint density at radius 1 is 1.10 bits per heavy atom. The Balaban J connectivity index is 2.31. The SMILES string of the molecule is CCCCOc1nc(-c2ccncc2)nc(N(C)C)n1. The van der Waals surface area contributed by atoms with Crippen molar-refractivity contribution in [3.63, 3.8) is 0 Å². The van der Waals surface area contributed by atoms with E-state index in [0.29, 0.717) is 24.4 Å². The number of aromatic nitrogens is 4. The zero-order valence-electron chi connectivity index (χ0n) is 12.1. The molecular formula is C14H19N5O. The highest BCUT2D eigenvalue weighted by Crippen LogP contribution is 2.19. The van der Waals surface area contributed by atoms with E-state index in [4.69, 9.17) is 4.74 Å². The maximum atomic E-state index is 5.59. The standard InChI is InChI=1S/C14H19N5O/c1-4-5-10-20-14-17-12(11-6-8-15-9-7-11)16-13(18-14)19(2)3/h6-9H,4-5,10H2,1-3H3. The summed E-state index contributed by atoms with van der Waals surface area (Å²) in [6, 6.07) is 4.10. The molecule has 2 aromatic rings. The maximum absolute atomic E-state index is 5.59. The maximum Gasteiger partial charge on any atom is 0.321 e. The smallest absolute Gasteiger partial charge is 0.321 e. The topological polar surface area (TPSA) is 64.0 Å². The van der Waals surface area contributed by atoms with Gasteiger partial charge in [-0.2, -0.15) is 15.0 Å². The van der Waals surface area contributed by atoms with Crippen molar-refractivity contribution >= 4 is 5.95 Å². The van der Waals surface area contributed by atoms with Gasteiger partial charge in [-0.15, -0.1) is 0 Å². The second-order valence-corrected chi connectivity index (χ2v) is 4.57. The minimum absolute atomic E-state index is 0.365. The normalized spacial score (nSPS) is 10.3. The van der Waals surface area contributed by atoms with Crippen LogP contribution in [0.3, 0.4) is 0 Å². The number of nitrogens with zero attached hydrogens (tertiary/aromatic N) is 5. The molecule has 2 aromatic heterocycles. The molecule has 2 rings (SSSR count). The predicted octanol–water partition coefficient (Wildman–Crippen LogP) is 2.18. The Labute approximate surface area is 118 Å². The highest BCUT2D eigenvalue weighted by Gasteiger charge is 2.10. The van der Waals surface area contributed by atoms with Crippen LogP contribution in [0.4, 0.5) is 5.95 Å². The lowest BCUT2D eigenvalue weighted by molar-refractivity contribution is 0.285. The summed E-state index contributed by atoms with van der Waals surface area (Å²) in [6.45, 7) is 2.73. The third-order valence-corrected chi connectivity index (χ3v) is 2.67. The quantitative estimate of drug-likeness (QED) is 0.752. The van der Waals surface area contributed by atoms with Gasteiger partial charge in [0, 0.05) is 32.1 Å². The Morgan fingerprint density at radius 3 is 2.50 bits per heavy atom. The molecule has 0 bridgehead atoms. The van der Waals surface area contributed by atoms with Crippen LogP contribution in [-0.4, -0.2) is 40.6 Å². The summed E-state index contributed by atoms with van der Waals surface area (Å²) >= 11 is 0. The molecule has 0 N–H and O–H groups in total. The van der Waals surface area contributed by atoms with E-state index in [-0.39, 0.29) is 0 Å². The van der Waals surface area contributed by atoms with Crippen LogP contribution < -0.4 is 9.64 Å². The van der Waals surface area contributed by atoms with E-state index in [9.17, 15) is 0 Å². The van der Waals surface area contributed by atoms with Gasteiger partial charge in [0.05, 0.1) is 6.61 Å². The van der Waals surface area contributed by atoms with Crippen LogP contribution in [0.2, 0.25) is 0 Å². The van der Waals surface area contributed by atoms with E-state index in [1.165, 1.54) is 0 Å². The summed E-state index contributed by atoms with van der Waals surface area (Å²) in [5, 5.41) is 0. The molecule has 0 amide bonds. The first kappa shape index (κ1) is 14.2. The second-order valence-electron chi connectivity index (χ2n) is 4.57. The second kappa shape index (κ2) is 6.79. The average Bonchev–Trinajstić information content (AvgIpc) is 2.48. The van der Waals surface area contributed by atoms with E-state index in [1.54, 1.807) is 12.4 Å². The Bertz CT molecular complexity index is 545. The van der Waals surface area contributed by atoms with Crippen molar-refractivity contribution in [3.8, 4) is 17.4 Å². The number of ether oxygens (including phenoxy) is 1. The van der Waals surface area contributed by atoms with Crippen LogP contribution in [0.5, 0.6) is 6.01 Å². The third kappa shape index (κ3) is 3.63. The van der Waals surface area contributed by atoms with E-state index in [2.05, 4.69) is 26.9 Å². The van der Waals surface area contributed by atoms with E-state index < -0.39 is 0 Å². The van der Waals surface area contributed by atoms with Gasteiger partial charge in [0.1, 0.15) is 0 Å². The molecule has 0 saturated carbocycles. The molecule has 0 aliphatic rings. The first-order chi connectivity index (χ1) is 9.70. The number of rotatable bonds is 6. The monoisotopic (exact) mass is 273 g/mol. The Morgan fingerprint density at radius 2 is 1.85 bits per heavy atom. The molecule has 2 heterocycles. The van der Waals surface area contributed by atoms with Crippen molar-refractivity contribution in [1.82, 2.24) is 19.9 Å². The van der Waals surface area contributed by atoms with Crippen molar-refractivity contribution in [3.05, 3.63) is 24.5 Å². The zero-order valence-corrected chi connectivity index (χ0v) is 12.1. The van der Waals surface area contributed by atoms with Gasteiger partial charge in [0.2, 0.25) is 5.95 Å². The van der Waals surface area contributed by atoms with E-state index >= 15 is 0 Å². The van der Waals surface area contributed by atoms with Crippen molar-refractivity contribution < 1.29 is 4.74 Å². The minimum Gasteiger partial charge on any atom is -0.463 e. The van der Waals surface area contributed by atoms with Crippen LogP contribution in [0.15, 0.2) is 24.5 Å². The summed E-state index contributed by atoms with van der Waals surface area (Å²) in [7, 11) is 3.78. The summed E-state index contributed by atoms with van der Waals surface area (Å²) < 4.78 is 5.59. The van der Waals surface area contributed by atoms with Gasteiger partial charge in [-0.25, -0.2) is 0 Å². The highest BCUT2D eigenvalue weighted by atomic mass is 16.5. The summed E-state index contributed by atoms with van der Waals surface area (Å²) in [4.78, 5) is 18.9. The molecule has 0 saturated heterocycles. The fraction of sp³-hybridized carbons (Fsp3) is 0.429. The van der Waals surface area contributed by atoms with Crippen LogP contribution in [-0.2, 0) is 0 Å². The van der Waals surface area contributed by atoms with Crippen molar-refractivity contribution in [2.45, 2.75) is 19.8 Å². The van der Waals surface area contributed by atoms with E-state index in [1.807, 2.05) is 31.1 Å². The van der Waals surface area contributed by atoms with Gasteiger partial charge in [-0.05, 0) is 18.6 Å². The number of anilines is 1. The lowest BCUT2D eigenvalue weighted by Crippen LogP contribution is -2.15. The largest absolute Gasteiger partial charge is 0.463 e. The molecule has 0 fully saturated rings. The molecule has 0 atom stereocenters. The number of pyridine rings is 1. The van der Waals surface area contributed by atoms with Gasteiger partial charge < -0.3 is 9.64 Å². The zero-order chi connectivity index (χ0) is 14.4. The van der Waals surface area contributed by atoms with Crippen molar-refractivity contribution in [2.75, 3.05) is 25.6 Å². The lowest BCUT2D eigenvalue weighted by Gasteiger charge is -2.13. The first-order valence-corrected chi connectivity index (χ1v) is 6.67. The number of hydrogen-bond donors (Lipinski definition) is 0. The minimum atomic E-state index is 0.365. The van der Waals surface area contributed by atoms with Crippen LogP contribution >= 0.6 is 0 Å². The highest BCUT2D eigenvalue weighted by molar-refractivity contribution is 5.55. The summed E-state index contributed by atoms with van der Waals surface area (Å²) in [5.41, 5.74) is 0.894. The first-order valence-electron chi connectivity index (χ1n) is 6.67. The Hall–Kier alpha value is -2.24. The average molecular weight is 273 g/mol. The van der Waals surface area contributed by atoms with Gasteiger partial charge in [-0.3, -0.25) is 4.98 Å². The molecule has 0 aliphatic heterocycles. The molecule has 0 unspecified atom stereocenters. The van der Waals surface area contributed by atoms with Crippen molar-refractivity contribution in [2.24, 2.45) is 0 Å². The molecule has 6 heteroatoms. The predicted molar refractivity (Wildman–Crippen MR) is 77.8 cm³/mol. The van der Waals surface area contributed by atoms with Crippen molar-refractivity contribution in [1.29, 1.82) is 0 Å². The van der Waals surface area contributed by atoms with Gasteiger partial charge >= 0.3 is 6.01 Å². The number of hydrogen-bond acceptors (Lipinski definition) is 6. The van der Waals surface area contributed by atoms with Crippen LogP contribution in [0, 0.1) is 0 Å². The molecule has 0 aliphatic carbocycles. The number of unbranched alkanes of at least 4 members (excludes halogenated alkanes) is 1. The lowest BCUT2D eigenvalue weighted by atomic mass is 10.2. The molecule has 20 heavy (non-hydrogen) atoms. The van der Waals surface area contributed by atoms with Gasteiger partial charge in [0.15, 0.2) is 5.82 Å². The summed E-state index contributed by atoms with van der Waals surface area (Å²) in [5.74, 6) is 1.18. The van der Waals surface area contributed by atoms with Gasteiger partial charge in [-0.1, -0.05) is 13.3 Å².